The monoisotopic (exact) mass is 244 g/mol. The second-order valence-corrected chi connectivity index (χ2v) is 6.78. The number of aliphatic hydroxyl groups is 1. The van der Waals surface area contributed by atoms with Crippen LogP contribution in [0.3, 0.4) is 0 Å². The predicted molar refractivity (Wildman–Crippen MR) is 57.3 cm³/mol. The van der Waals surface area contributed by atoms with Gasteiger partial charge in [-0.15, -0.1) is 0 Å². The number of hydrogen-bond acceptors (Lipinski definition) is 1. The Hall–Kier alpha value is -0.301. The third-order valence-electron chi connectivity index (χ3n) is 2.14. The van der Waals surface area contributed by atoms with Crippen molar-refractivity contribution in [2.75, 3.05) is 0 Å². The molecule has 0 spiro atoms. The van der Waals surface area contributed by atoms with Gasteiger partial charge >= 0.3 is 86.0 Å². The molecule has 1 rings (SSSR count). The number of hydrogen-bond donors (Lipinski definition) is 1. The molecule has 1 unspecified atom stereocenters. The minimum absolute atomic E-state index is 0.141. The summed E-state index contributed by atoms with van der Waals surface area (Å²) in [6.07, 6.45) is 0. The fourth-order valence-electron chi connectivity index (χ4n) is 0.845. The van der Waals surface area contributed by atoms with Crippen LogP contribution in [0.4, 0.5) is 0 Å². The summed E-state index contributed by atoms with van der Waals surface area (Å²) < 4.78 is 0.725. The first-order valence-corrected chi connectivity index (χ1v) is 6.20. The molecule has 72 valence electrons. The Balaban J connectivity index is 2.69. The molecular formula is C11H16OSe. The van der Waals surface area contributed by atoms with Gasteiger partial charge in [-0.3, -0.25) is 0 Å². The van der Waals surface area contributed by atoms with Crippen LogP contribution in [-0.4, -0.2) is 24.6 Å². The van der Waals surface area contributed by atoms with Crippen molar-refractivity contribution in [2.45, 2.75) is 25.3 Å². The molecule has 0 heterocycles. The zero-order chi connectivity index (χ0) is 9.90. The van der Waals surface area contributed by atoms with Crippen molar-refractivity contribution in [3.8, 4) is 0 Å². The van der Waals surface area contributed by atoms with Crippen LogP contribution >= 0.6 is 0 Å². The fraction of sp³-hybridized carbons (Fsp3) is 0.455. The molecule has 2 heteroatoms. The summed E-state index contributed by atoms with van der Waals surface area (Å²) in [6, 6.07) is 10.2. The molecule has 0 fully saturated rings. The van der Waals surface area contributed by atoms with E-state index in [-0.39, 0.29) is 15.0 Å². The summed E-state index contributed by atoms with van der Waals surface area (Å²) in [6.45, 7) is 6.04. The van der Waals surface area contributed by atoms with Crippen LogP contribution < -0.4 is 4.46 Å². The summed E-state index contributed by atoms with van der Waals surface area (Å²) >= 11 is 0.141. The average Bonchev–Trinajstić information content (AvgIpc) is 2.05. The van der Waals surface area contributed by atoms with Crippen molar-refractivity contribution in [3.05, 3.63) is 30.3 Å². The van der Waals surface area contributed by atoms with E-state index in [2.05, 4.69) is 26.0 Å². The molecule has 0 aliphatic carbocycles. The minimum atomic E-state index is -0.533. The van der Waals surface area contributed by atoms with Crippen LogP contribution in [0.5, 0.6) is 0 Å². The van der Waals surface area contributed by atoms with Gasteiger partial charge in [0.1, 0.15) is 0 Å². The van der Waals surface area contributed by atoms with Crippen LogP contribution in [0, 0.1) is 5.92 Å². The van der Waals surface area contributed by atoms with Crippen LogP contribution in [0.25, 0.3) is 0 Å². The zero-order valence-electron chi connectivity index (χ0n) is 8.32. The molecule has 0 bridgehead atoms. The Morgan fingerprint density at radius 1 is 1.23 bits per heavy atom. The van der Waals surface area contributed by atoms with Gasteiger partial charge in [0.25, 0.3) is 0 Å². The molecule has 0 amide bonds. The molecule has 0 radical (unpaired) electrons. The Bertz CT molecular complexity index is 254. The zero-order valence-corrected chi connectivity index (χ0v) is 10.0. The summed E-state index contributed by atoms with van der Waals surface area (Å²) in [5.41, 5.74) is 0. The summed E-state index contributed by atoms with van der Waals surface area (Å²) in [5.74, 6) is 0.313. The predicted octanol–water partition coefficient (Wildman–Crippen LogP) is 1.38. The normalized spacial score (nSPS) is 15.8. The van der Waals surface area contributed by atoms with Gasteiger partial charge in [0.2, 0.25) is 0 Å². The third-order valence-corrected chi connectivity index (χ3v) is 5.06. The van der Waals surface area contributed by atoms with Gasteiger partial charge in [0.15, 0.2) is 0 Å². The van der Waals surface area contributed by atoms with E-state index >= 15 is 0 Å². The van der Waals surface area contributed by atoms with Crippen molar-refractivity contribution in [1.82, 2.24) is 0 Å². The number of benzene rings is 1. The van der Waals surface area contributed by atoms with Gasteiger partial charge in [-0.25, -0.2) is 0 Å². The maximum atomic E-state index is 10.1. The Labute approximate surface area is 86.3 Å². The standard InChI is InChI=1S/C11H16OSe/c1-9(2)11(3,12)13-10-7-5-4-6-8-10/h4-9,12H,1-3H3. The van der Waals surface area contributed by atoms with Crippen LogP contribution in [0.1, 0.15) is 20.8 Å². The molecule has 1 aromatic rings. The first-order valence-electron chi connectivity index (χ1n) is 4.49. The van der Waals surface area contributed by atoms with Crippen LogP contribution in [0.15, 0.2) is 30.3 Å². The summed E-state index contributed by atoms with van der Waals surface area (Å²) in [7, 11) is 0. The molecule has 13 heavy (non-hydrogen) atoms. The van der Waals surface area contributed by atoms with Crippen LogP contribution in [0.2, 0.25) is 0 Å². The van der Waals surface area contributed by atoms with E-state index in [1.165, 1.54) is 4.46 Å². The first kappa shape index (κ1) is 10.8. The van der Waals surface area contributed by atoms with Gasteiger partial charge in [0.05, 0.1) is 0 Å². The van der Waals surface area contributed by atoms with Crippen molar-refractivity contribution >= 4 is 19.4 Å². The molecule has 0 aliphatic heterocycles. The Morgan fingerprint density at radius 2 is 1.77 bits per heavy atom. The van der Waals surface area contributed by atoms with Crippen LogP contribution in [-0.2, 0) is 0 Å². The van der Waals surface area contributed by atoms with E-state index in [0.29, 0.717) is 5.92 Å². The molecule has 1 N–H and O–H groups in total. The van der Waals surface area contributed by atoms with E-state index in [1.54, 1.807) is 0 Å². The maximum absolute atomic E-state index is 10.1. The second kappa shape index (κ2) is 4.28. The average molecular weight is 243 g/mol. The van der Waals surface area contributed by atoms with E-state index in [4.69, 9.17) is 0 Å². The molecule has 1 aromatic carbocycles. The van der Waals surface area contributed by atoms with Crippen molar-refractivity contribution < 1.29 is 5.11 Å². The molecule has 1 nitrogen and oxygen atoms in total. The molecule has 0 saturated heterocycles. The van der Waals surface area contributed by atoms with E-state index in [9.17, 15) is 5.11 Å². The molecule has 1 atom stereocenters. The summed E-state index contributed by atoms with van der Waals surface area (Å²) in [4.78, 5) is 0. The van der Waals surface area contributed by atoms with Gasteiger partial charge in [0, 0.05) is 0 Å². The topological polar surface area (TPSA) is 20.2 Å². The molecule has 0 aliphatic rings. The molecular weight excluding hydrogens is 227 g/mol. The fourth-order valence-corrected chi connectivity index (χ4v) is 2.96. The SMILES string of the molecule is CC(C)C(C)(O)[Se]c1ccccc1. The third kappa shape index (κ3) is 3.15. The van der Waals surface area contributed by atoms with E-state index in [1.807, 2.05) is 25.1 Å². The van der Waals surface area contributed by atoms with E-state index in [0.717, 1.165) is 0 Å². The van der Waals surface area contributed by atoms with Gasteiger partial charge in [-0.05, 0) is 0 Å². The molecule has 0 saturated carbocycles. The Morgan fingerprint density at radius 3 is 2.23 bits per heavy atom. The number of rotatable bonds is 3. The van der Waals surface area contributed by atoms with Gasteiger partial charge in [-0.1, -0.05) is 0 Å². The van der Waals surface area contributed by atoms with Gasteiger partial charge < -0.3 is 0 Å². The Kier molecular flexibility index (Phi) is 3.54. The second-order valence-electron chi connectivity index (χ2n) is 3.62. The van der Waals surface area contributed by atoms with Crippen molar-refractivity contribution in [2.24, 2.45) is 5.92 Å². The molecule has 0 aromatic heterocycles. The first-order chi connectivity index (χ1) is 6.02. The van der Waals surface area contributed by atoms with Crippen molar-refractivity contribution in [3.63, 3.8) is 0 Å². The van der Waals surface area contributed by atoms with E-state index < -0.39 is 4.50 Å². The summed E-state index contributed by atoms with van der Waals surface area (Å²) in [5, 5.41) is 10.1. The quantitative estimate of drug-likeness (QED) is 0.795. The van der Waals surface area contributed by atoms with Crippen molar-refractivity contribution in [1.29, 1.82) is 0 Å². The van der Waals surface area contributed by atoms with Gasteiger partial charge in [-0.2, -0.15) is 0 Å².